The fourth-order valence-corrected chi connectivity index (χ4v) is 3.15. The van der Waals surface area contributed by atoms with Gasteiger partial charge in [0.25, 0.3) is 0 Å². The average Bonchev–Trinajstić information content (AvgIpc) is 2.30. The first kappa shape index (κ1) is 7.77. The largest absolute Gasteiger partial charge is 0.385 e. The minimum atomic E-state index is -0.501. The molecule has 1 heterocycles. The number of aliphatic hydroxyl groups is 1. The van der Waals surface area contributed by atoms with Gasteiger partial charge >= 0.3 is 0 Å². The Morgan fingerprint density at radius 2 is 2.18 bits per heavy atom. The van der Waals surface area contributed by atoms with Gasteiger partial charge in [-0.05, 0) is 40.6 Å². The molecule has 1 saturated carbocycles. The van der Waals surface area contributed by atoms with E-state index in [4.69, 9.17) is 0 Å². The van der Waals surface area contributed by atoms with Crippen LogP contribution >= 0.6 is 27.3 Å². The Morgan fingerprint density at radius 1 is 1.45 bits per heavy atom. The molecule has 0 radical (unpaired) electrons. The molecule has 11 heavy (non-hydrogen) atoms. The van der Waals surface area contributed by atoms with E-state index in [0.717, 1.165) is 29.3 Å². The van der Waals surface area contributed by atoms with Gasteiger partial charge in [0.05, 0.1) is 5.60 Å². The van der Waals surface area contributed by atoms with Crippen LogP contribution in [-0.2, 0) is 5.60 Å². The van der Waals surface area contributed by atoms with Gasteiger partial charge in [-0.3, -0.25) is 0 Å². The fourth-order valence-electron chi connectivity index (χ4n) is 1.39. The first-order chi connectivity index (χ1) is 5.22. The zero-order valence-electron chi connectivity index (χ0n) is 6.01. The molecule has 1 fully saturated rings. The number of halogens is 1. The number of hydrogen-bond acceptors (Lipinski definition) is 2. The smallest absolute Gasteiger partial charge is 0.0915 e. The Kier molecular flexibility index (Phi) is 1.82. The maximum absolute atomic E-state index is 9.93. The predicted octanol–water partition coefficient (Wildman–Crippen LogP) is 2.88. The van der Waals surface area contributed by atoms with Crippen molar-refractivity contribution in [3.63, 3.8) is 0 Å². The molecule has 1 aliphatic rings. The summed E-state index contributed by atoms with van der Waals surface area (Å²) in [4.78, 5) is 0. The summed E-state index contributed by atoms with van der Waals surface area (Å²) in [6.45, 7) is 0. The predicted molar refractivity (Wildman–Crippen MR) is 49.8 cm³/mol. The second-order valence-electron chi connectivity index (χ2n) is 3.02. The van der Waals surface area contributed by atoms with Crippen LogP contribution in [0.15, 0.2) is 15.2 Å². The van der Waals surface area contributed by atoms with Gasteiger partial charge in [0.2, 0.25) is 0 Å². The van der Waals surface area contributed by atoms with Crippen molar-refractivity contribution in [1.82, 2.24) is 0 Å². The van der Waals surface area contributed by atoms with Crippen molar-refractivity contribution in [2.75, 3.05) is 0 Å². The number of hydrogen-bond donors (Lipinski definition) is 1. The van der Waals surface area contributed by atoms with Crippen molar-refractivity contribution >= 4 is 27.3 Å². The highest BCUT2D eigenvalue weighted by Gasteiger charge is 2.37. The highest BCUT2D eigenvalue weighted by Crippen LogP contribution is 2.44. The van der Waals surface area contributed by atoms with Crippen molar-refractivity contribution in [2.24, 2.45) is 0 Å². The van der Waals surface area contributed by atoms with Gasteiger partial charge in [-0.25, -0.2) is 0 Å². The van der Waals surface area contributed by atoms with Gasteiger partial charge in [-0.2, -0.15) is 11.3 Å². The van der Waals surface area contributed by atoms with Crippen molar-refractivity contribution < 1.29 is 5.11 Å². The van der Waals surface area contributed by atoms with Crippen molar-refractivity contribution in [3.8, 4) is 0 Å². The minimum Gasteiger partial charge on any atom is -0.385 e. The summed E-state index contributed by atoms with van der Waals surface area (Å²) in [5.41, 5.74) is 0.576. The standard InChI is InChI=1S/C8H9BrOS/c9-7-5-11-4-6(7)8(10)2-1-3-8/h4-5,10H,1-3H2. The Hall–Kier alpha value is 0.140. The van der Waals surface area contributed by atoms with Crippen molar-refractivity contribution in [3.05, 3.63) is 20.8 Å². The molecular formula is C8H9BrOS. The van der Waals surface area contributed by atoms with Crippen LogP contribution in [0.1, 0.15) is 24.8 Å². The molecule has 0 saturated heterocycles. The maximum atomic E-state index is 9.93. The van der Waals surface area contributed by atoms with E-state index in [-0.39, 0.29) is 0 Å². The van der Waals surface area contributed by atoms with Crippen LogP contribution in [0, 0.1) is 0 Å². The lowest BCUT2D eigenvalue weighted by molar-refractivity contribution is -0.0390. The van der Waals surface area contributed by atoms with Crippen molar-refractivity contribution in [1.29, 1.82) is 0 Å². The molecule has 0 aromatic carbocycles. The average molecular weight is 233 g/mol. The molecule has 0 aliphatic heterocycles. The van der Waals surface area contributed by atoms with E-state index in [1.807, 2.05) is 10.8 Å². The Balaban J connectivity index is 2.35. The zero-order valence-corrected chi connectivity index (χ0v) is 8.41. The lowest BCUT2D eigenvalue weighted by Crippen LogP contribution is -2.33. The van der Waals surface area contributed by atoms with Crippen LogP contribution in [0.5, 0.6) is 0 Å². The van der Waals surface area contributed by atoms with E-state index < -0.39 is 5.60 Å². The van der Waals surface area contributed by atoms with E-state index in [9.17, 15) is 5.11 Å². The lowest BCUT2D eigenvalue weighted by atomic mass is 9.76. The Bertz CT molecular complexity index is 265. The highest BCUT2D eigenvalue weighted by atomic mass is 79.9. The molecule has 60 valence electrons. The topological polar surface area (TPSA) is 20.2 Å². The van der Waals surface area contributed by atoms with Crippen LogP contribution in [0.2, 0.25) is 0 Å². The molecule has 0 unspecified atom stereocenters. The second kappa shape index (κ2) is 2.57. The summed E-state index contributed by atoms with van der Waals surface area (Å²) in [6, 6.07) is 0. The Labute approximate surface area is 78.2 Å². The molecule has 0 bridgehead atoms. The molecule has 0 spiro atoms. The molecule has 1 aromatic rings. The van der Waals surface area contributed by atoms with Crippen LogP contribution in [-0.4, -0.2) is 5.11 Å². The van der Waals surface area contributed by atoms with Gasteiger partial charge in [-0.1, -0.05) is 0 Å². The second-order valence-corrected chi connectivity index (χ2v) is 4.62. The molecule has 0 atom stereocenters. The molecule has 1 aliphatic carbocycles. The molecule has 1 aromatic heterocycles. The first-order valence-electron chi connectivity index (χ1n) is 3.67. The summed E-state index contributed by atoms with van der Waals surface area (Å²) < 4.78 is 1.06. The van der Waals surface area contributed by atoms with Crippen LogP contribution < -0.4 is 0 Å². The fraction of sp³-hybridized carbons (Fsp3) is 0.500. The minimum absolute atomic E-state index is 0.501. The van der Waals surface area contributed by atoms with E-state index in [2.05, 4.69) is 15.9 Å². The third-order valence-corrected chi connectivity index (χ3v) is 4.00. The zero-order chi connectivity index (χ0) is 7.90. The molecule has 1 N–H and O–H groups in total. The molecule has 2 rings (SSSR count). The van der Waals surface area contributed by atoms with Gasteiger partial charge in [0.1, 0.15) is 0 Å². The SMILES string of the molecule is OC1(c2cscc2Br)CCC1. The maximum Gasteiger partial charge on any atom is 0.0915 e. The van der Waals surface area contributed by atoms with Gasteiger partial charge in [0, 0.05) is 15.4 Å². The summed E-state index contributed by atoms with van der Waals surface area (Å²) in [7, 11) is 0. The molecule has 1 nitrogen and oxygen atoms in total. The van der Waals surface area contributed by atoms with E-state index in [1.54, 1.807) is 11.3 Å². The lowest BCUT2D eigenvalue weighted by Gasteiger charge is -2.36. The van der Waals surface area contributed by atoms with E-state index in [0.29, 0.717) is 0 Å². The molecule has 0 amide bonds. The third-order valence-electron chi connectivity index (χ3n) is 2.30. The van der Waals surface area contributed by atoms with Crippen molar-refractivity contribution in [2.45, 2.75) is 24.9 Å². The summed E-state index contributed by atoms with van der Waals surface area (Å²) in [5, 5.41) is 14.0. The van der Waals surface area contributed by atoms with Gasteiger partial charge in [0.15, 0.2) is 0 Å². The quantitative estimate of drug-likeness (QED) is 0.790. The van der Waals surface area contributed by atoms with Crippen LogP contribution in [0.4, 0.5) is 0 Å². The molecule has 3 heteroatoms. The molecular weight excluding hydrogens is 224 g/mol. The summed E-state index contributed by atoms with van der Waals surface area (Å²) in [6.07, 6.45) is 2.99. The summed E-state index contributed by atoms with van der Waals surface area (Å²) in [5.74, 6) is 0. The van der Waals surface area contributed by atoms with Crippen LogP contribution in [0.3, 0.4) is 0 Å². The number of rotatable bonds is 1. The normalized spacial score (nSPS) is 21.3. The van der Waals surface area contributed by atoms with Crippen LogP contribution in [0.25, 0.3) is 0 Å². The highest BCUT2D eigenvalue weighted by molar-refractivity contribution is 9.10. The van der Waals surface area contributed by atoms with Gasteiger partial charge < -0.3 is 5.11 Å². The van der Waals surface area contributed by atoms with E-state index in [1.165, 1.54) is 0 Å². The third kappa shape index (κ3) is 1.15. The number of thiophene rings is 1. The monoisotopic (exact) mass is 232 g/mol. The van der Waals surface area contributed by atoms with E-state index >= 15 is 0 Å². The summed E-state index contributed by atoms with van der Waals surface area (Å²) >= 11 is 5.06. The Morgan fingerprint density at radius 3 is 2.55 bits per heavy atom. The van der Waals surface area contributed by atoms with Gasteiger partial charge in [-0.15, -0.1) is 0 Å². The first-order valence-corrected chi connectivity index (χ1v) is 5.40.